The molecule has 1 aliphatic heterocycles. The van der Waals surface area contributed by atoms with Gasteiger partial charge in [-0.1, -0.05) is 6.07 Å². The molecule has 1 aromatic rings. The molecule has 1 saturated heterocycles. The zero-order valence-corrected chi connectivity index (χ0v) is 13.9. The highest BCUT2D eigenvalue weighted by Gasteiger charge is 2.22. The van der Waals surface area contributed by atoms with Gasteiger partial charge in [0.05, 0.1) is 11.5 Å². The number of sulfone groups is 1. The molecule has 2 rings (SSSR count). The molecule has 0 unspecified atom stereocenters. The van der Waals surface area contributed by atoms with Crippen molar-refractivity contribution < 1.29 is 8.42 Å². The largest absolute Gasteiger partial charge is 0.355 e. The quantitative estimate of drug-likeness (QED) is 0.918. The molecular weight excluding hydrogens is 286 g/mol. The first-order valence-electron chi connectivity index (χ1n) is 7.41. The van der Waals surface area contributed by atoms with E-state index in [9.17, 15) is 8.42 Å². The number of aromatic nitrogens is 1. The van der Waals surface area contributed by atoms with E-state index >= 15 is 0 Å². The standard InChI is InChI=1S/C15H25N3O2S/c1-15(2,3)17-12-13-6-4-7-16-14(13)18-8-5-10-21(19,20)11-9-18/h4,6-7,17H,5,8-12H2,1-3H3. The van der Waals surface area contributed by atoms with Gasteiger partial charge in [-0.15, -0.1) is 0 Å². The van der Waals surface area contributed by atoms with Gasteiger partial charge in [-0.2, -0.15) is 0 Å². The van der Waals surface area contributed by atoms with Crippen molar-refractivity contribution in [2.75, 3.05) is 29.5 Å². The highest BCUT2D eigenvalue weighted by Crippen LogP contribution is 2.20. The van der Waals surface area contributed by atoms with E-state index in [2.05, 4.69) is 42.0 Å². The van der Waals surface area contributed by atoms with E-state index in [-0.39, 0.29) is 17.0 Å². The van der Waals surface area contributed by atoms with Gasteiger partial charge in [0.15, 0.2) is 9.84 Å². The highest BCUT2D eigenvalue weighted by molar-refractivity contribution is 7.91. The van der Waals surface area contributed by atoms with E-state index in [1.807, 2.05) is 6.07 Å². The van der Waals surface area contributed by atoms with Crippen molar-refractivity contribution in [1.29, 1.82) is 0 Å². The van der Waals surface area contributed by atoms with Crippen LogP contribution in [0.25, 0.3) is 0 Å². The third kappa shape index (κ3) is 4.97. The summed E-state index contributed by atoms with van der Waals surface area (Å²) in [5.74, 6) is 1.41. The number of hydrogen-bond acceptors (Lipinski definition) is 5. The van der Waals surface area contributed by atoms with E-state index < -0.39 is 9.84 Å². The van der Waals surface area contributed by atoms with E-state index in [1.165, 1.54) is 0 Å². The summed E-state index contributed by atoms with van der Waals surface area (Å²) < 4.78 is 23.5. The molecule has 0 aliphatic carbocycles. The molecule has 0 radical (unpaired) electrons. The summed E-state index contributed by atoms with van der Waals surface area (Å²) in [6.45, 7) is 8.39. The predicted octanol–water partition coefficient (Wildman–Crippen LogP) is 1.59. The molecule has 2 heterocycles. The zero-order chi connectivity index (χ0) is 15.5. The smallest absolute Gasteiger partial charge is 0.152 e. The Morgan fingerprint density at radius 2 is 2.05 bits per heavy atom. The summed E-state index contributed by atoms with van der Waals surface area (Å²) in [6.07, 6.45) is 2.44. The number of pyridine rings is 1. The van der Waals surface area contributed by atoms with Gasteiger partial charge in [-0.3, -0.25) is 0 Å². The Morgan fingerprint density at radius 3 is 2.76 bits per heavy atom. The van der Waals surface area contributed by atoms with Crippen LogP contribution in [0, 0.1) is 0 Å². The van der Waals surface area contributed by atoms with Gasteiger partial charge in [0, 0.05) is 36.9 Å². The minimum Gasteiger partial charge on any atom is -0.355 e. The average Bonchev–Trinajstić information content (AvgIpc) is 2.57. The Balaban J connectivity index is 2.15. The highest BCUT2D eigenvalue weighted by atomic mass is 32.2. The van der Waals surface area contributed by atoms with Gasteiger partial charge in [-0.25, -0.2) is 13.4 Å². The van der Waals surface area contributed by atoms with Crippen molar-refractivity contribution in [1.82, 2.24) is 10.3 Å². The summed E-state index contributed by atoms with van der Waals surface area (Å²) in [5, 5.41) is 3.46. The first-order valence-corrected chi connectivity index (χ1v) is 9.23. The molecule has 0 amide bonds. The third-order valence-corrected chi connectivity index (χ3v) is 5.25. The van der Waals surface area contributed by atoms with Crippen LogP contribution >= 0.6 is 0 Å². The molecular formula is C15H25N3O2S. The van der Waals surface area contributed by atoms with E-state index in [4.69, 9.17) is 0 Å². The number of nitrogens with zero attached hydrogens (tertiary/aromatic N) is 2. The summed E-state index contributed by atoms with van der Waals surface area (Å²) >= 11 is 0. The minimum atomic E-state index is -2.89. The zero-order valence-electron chi connectivity index (χ0n) is 13.1. The molecule has 1 aromatic heterocycles. The van der Waals surface area contributed by atoms with Crippen LogP contribution < -0.4 is 10.2 Å². The van der Waals surface area contributed by atoms with Crippen LogP contribution in [0.4, 0.5) is 5.82 Å². The Kier molecular flexibility index (Phi) is 4.88. The fourth-order valence-electron chi connectivity index (χ4n) is 2.36. The van der Waals surface area contributed by atoms with Crippen LogP contribution in [0.3, 0.4) is 0 Å². The first-order chi connectivity index (χ1) is 9.77. The second kappa shape index (κ2) is 6.32. The molecule has 1 fully saturated rings. The molecule has 1 aliphatic rings. The molecule has 21 heavy (non-hydrogen) atoms. The van der Waals surface area contributed by atoms with E-state index in [0.717, 1.165) is 24.5 Å². The maximum absolute atomic E-state index is 11.7. The molecule has 5 nitrogen and oxygen atoms in total. The Labute approximate surface area is 127 Å². The van der Waals surface area contributed by atoms with Gasteiger partial charge in [0.25, 0.3) is 0 Å². The number of anilines is 1. The second-order valence-corrected chi connectivity index (χ2v) is 8.89. The van der Waals surface area contributed by atoms with Gasteiger partial charge in [-0.05, 0) is 33.3 Å². The molecule has 0 spiro atoms. The molecule has 0 atom stereocenters. The van der Waals surface area contributed by atoms with Gasteiger partial charge < -0.3 is 10.2 Å². The van der Waals surface area contributed by atoms with E-state index in [0.29, 0.717) is 13.0 Å². The topological polar surface area (TPSA) is 62.3 Å². The van der Waals surface area contributed by atoms with Crippen molar-refractivity contribution in [2.24, 2.45) is 0 Å². The first kappa shape index (κ1) is 16.2. The normalized spacial score (nSPS) is 19.3. The van der Waals surface area contributed by atoms with Crippen LogP contribution in [0.5, 0.6) is 0 Å². The van der Waals surface area contributed by atoms with Crippen LogP contribution in [-0.2, 0) is 16.4 Å². The van der Waals surface area contributed by atoms with Crippen molar-refractivity contribution in [3.63, 3.8) is 0 Å². The molecule has 0 bridgehead atoms. The van der Waals surface area contributed by atoms with Crippen molar-refractivity contribution in [2.45, 2.75) is 39.3 Å². The monoisotopic (exact) mass is 311 g/mol. The fraction of sp³-hybridized carbons (Fsp3) is 0.667. The molecule has 0 aromatic carbocycles. The SMILES string of the molecule is CC(C)(C)NCc1cccnc1N1CCCS(=O)(=O)CC1. The lowest BCUT2D eigenvalue weighted by Gasteiger charge is -2.26. The average molecular weight is 311 g/mol. The maximum atomic E-state index is 11.7. The van der Waals surface area contributed by atoms with Crippen LogP contribution in [0.1, 0.15) is 32.8 Å². The fourth-order valence-corrected chi connectivity index (χ4v) is 3.64. The molecule has 6 heteroatoms. The lowest BCUT2D eigenvalue weighted by molar-refractivity contribution is 0.424. The van der Waals surface area contributed by atoms with Crippen molar-refractivity contribution in [3.8, 4) is 0 Å². The van der Waals surface area contributed by atoms with Gasteiger partial charge >= 0.3 is 0 Å². The Morgan fingerprint density at radius 1 is 1.29 bits per heavy atom. The molecule has 1 N–H and O–H groups in total. The Hall–Kier alpha value is -1.14. The van der Waals surface area contributed by atoms with Crippen LogP contribution in [0.15, 0.2) is 18.3 Å². The lowest BCUT2D eigenvalue weighted by Crippen LogP contribution is -2.36. The number of nitrogens with one attached hydrogen (secondary N) is 1. The summed E-state index contributed by atoms with van der Waals surface area (Å²) in [5.41, 5.74) is 1.15. The van der Waals surface area contributed by atoms with Crippen LogP contribution in [-0.4, -0.2) is 43.5 Å². The lowest BCUT2D eigenvalue weighted by atomic mass is 10.1. The second-order valence-electron chi connectivity index (χ2n) is 6.58. The van der Waals surface area contributed by atoms with Crippen LogP contribution in [0.2, 0.25) is 0 Å². The van der Waals surface area contributed by atoms with Gasteiger partial charge in [0.1, 0.15) is 5.82 Å². The summed E-state index contributed by atoms with van der Waals surface area (Å²) in [4.78, 5) is 6.58. The van der Waals surface area contributed by atoms with Gasteiger partial charge in [0.2, 0.25) is 0 Å². The summed E-state index contributed by atoms with van der Waals surface area (Å²) in [6, 6.07) is 3.98. The third-order valence-electron chi connectivity index (χ3n) is 3.53. The maximum Gasteiger partial charge on any atom is 0.152 e. The van der Waals surface area contributed by atoms with E-state index in [1.54, 1.807) is 6.20 Å². The number of rotatable bonds is 3. The predicted molar refractivity (Wildman–Crippen MR) is 86.3 cm³/mol. The Bertz CT molecular complexity index is 579. The van der Waals surface area contributed by atoms with Crippen molar-refractivity contribution >= 4 is 15.7 Å². The number of hydrogen-bond donors (Lipinski definition) is 1. The minimum absolute atomic E-state index is 0.0369. The van der Waals surface area contributed by atoms with Crippen molar-refractivity contribution in [3.05, 3.63) is 23.9 Å². The molecule has 118 valence electrons. The molecule has 0 saturated carbocycles. The summed E-state index contributed by atoms with van der Waals surface area (Å²) in [7, 11) is -2.89.